The van der Waals surface area contributed by atoms with Gasteiger partial charge in [-0.25, -0.2) is 8.42 Å². The Morgan fingerprint density at radius 1 is 1.12 bits per heavy atom. The fourth-order valence-corrected chi connectivity index (χ4v) is 4.60. The number of carbonyl (C=O) groups excluding carboxylic acids is 1. The van der Waals surface area contributed by atoms with Gasteiger partial charge in [0.25, 0.3) is 0 Å². The monoisotopic (exact) mass is 372 g/mol. The Kier molecular flexibility index (Phi) is 9.02. The number of carbonyl (C=O) groups is 1. The van der Waals surface area contributed by atoms with Crippen molar-refractivity contribution in [1.29, 1.82) is 0 Å². The third-order valence-electron chi connectivity index (χ3n) is 4.28. The molecule has 1 aromatic carbocycles. The summed E-state index contributed by atoms with van der Waals surface area (Å²) in [5, 5.41) is 0. The first-order chi connectivity index (χ1) is 11.3. The molecule has 0 unspecified atom stereocenters. The highest BCUT2D eigenvalue weighted by Gasteiger charge is 2.27. The Bertz CT molecular complexity index is 598. The van der Waals surface area contributed by atoms with Crippen molar-refractivity contribution in [3.63, 3.8) is 0 Å². The Labute approximate surface area is 149 Å². The topological polar surface area (TPSA) is 74.3 Å². The molecule has 1 aliphatic rings. The standard InChI is InChI=1S/C11H21OS.C7H8O3S/c1-3-13(4-2)9-11(12)10-7-5-6-8-10;1-6-2-4-7(5-3-6)11(8,9)10/h10H,3-9H2,1-2H3;2-5H,1H3,(H,8,9,10)/q+1;/p-1. The molecule has 0 bridgehead atoms. The molecule has 1 aromatic rings. The molecule has 6 heteroatoms. The van der Waals surface area contributed by atoms with E-state index in [1.54, 1.807) is 12.1 Å². The lowest BCUT2D eigenvalue weighted by atomic mass is 10.0. The predicted molar refractivity (Wildman–Crippen MR) is 99.4 cm³/mol. The number of Topliss-reactive ketones (excluding diaryl/α,β-unsaturated/α-hetero) is 1. The van der Waals surface area contributed by atoms with Crippen LogP contribution in [0.25, 0.3) is 0 Å². The van der Waals surface area contributed by atoms with Crippen LogP contribution in [0.1, 0.15) is 45.1 Å². The molecule has 1 aliphatic carbocycles. The Morgan fingerprint density at radius 2 is 1.62 bits per heavy atom. The predicted octanol–water partition coefficient (Wildman–Crippen LogP) is 3.30. The summed E-state index contributed by atoms with van der Waals surface area (Å²) in [6.45, 7) is 6.23. The fourth-order valence-electron chi connectivity index (χ4n) is 2.68. The molecule has 0 heterocycles. The molecule has 0 aliphatic heterocycles. The van der Waals surface area contributed by atoms with Gasteiger partial charge in [0.15, 0.2) is 11.5 Å². The van der Waals surface area contributed by atoms with Crippen LogP contribution >= 0.6 is 0 Å². The van der Waals surface area contributed by atoms with E-state index >= 15 is 0 Å². The smallest absolute Gasteiger partial charge is 0.184 e. The maximum Gasteiger partial charge on any atom is 0.184 e. The average Bonchev–Trinajstić information content (AvgIpc) is 3.07. The van der Waals surface area contributed by atoms with E-state index in [4.69, 9.17) is 0 Å². The molecule has 24 heavy (non-hydrogen) atoms. The minimum atomic E-state index is -4.27. The van der Waals surface area contributed by atoms with Crippen LogP contribution in [0.2, 0.25) is 0 Å². The number of ketones is 1. The van der Waals surface area contributed by atoms with Crippen LogP contribution in [0.3, 0.4) is 0 Å². The van der Waals surface area contributed by atoms with E-state index in [1.165, 1.54) is 49.3 Å². The van der Waals surface area contributed by atoms with Crippen LogP contribution in [0.5, 0.6) is 0 Å². The normalized spacial score (nSPS) is 15.2. The molecule has 1 fully saturated rings. The molecule has 1 saturated carbocycles. The molecule has 4 nitrogen and oxygen atoms in total. The highest BCUT2D eigenvalue weighted by molar-refractivity contribution is 7.97. The van der Waals surface area contributed by atoms with Crippen LogP contribution in [-0.2, 0) is 25.8 Å². The summed E-state index contributed by atoms with van der Waals surface area (Å²) < 4.78 is 31.2. The summed E-state index contributed by atoms with van der Waals surface area (Å²) >= 11 is 0. The van der Waals surface area contributed by atoms with Gasteiger partial charge in [-0.05, 0) is 56.6 Å². The van der Waals surface area contributed by atoms with Crippen molar-refractivity contribution in [1.82, 2.24) is 0 Å². The van der Waals surface area contributed by atoms with Gasteiger partial charge >= 0.3 is 0 Å². The summed E-state index contributed by atoms with van der Waals surface area (Å²) in [6, 6.07) is 5.78. The summed E-state index contributed by atoms with van der Waals surface area (Å²) in [5.74, 6) is 4.25. The van der Waals surface area contributed by atoms with E-state index in [0.717, 1.165) is 11.3 Å². The molecular weight excluding hydrogens is 344 g/mol. The summed E-state index contributed by atoms with van der Waals surface area (Å²) in [4.78, 5) is 11.6. The zero-order valence-corrected chi connectivity index (χ0v) is 16.4. The van der Waals surface area contributed by atoms with E-state index in [1.807, 2.05) is 6.92 Å². The number of benzene rings is 1. The third kappa shape index (κ3) is 7.36. The summed E-state index contributed by atoms with van der Waals surface area (Å²) in [5.41, 5.74) is 0.928. The van der Waals surface area contributed by atoms with Gasteiger partial charge in [-0.1, -0.05) is 30.5 Å². The maximum atomic E-state index is 11.8. The maximum absolute atomic E-state index is 11.8. The molecule has 0 N–H and O–H groups in total. The Hall–Kier alpha value is -0.850. The second-order valence-corrected chi connectivity index (χ2v) is 10.1. The number of hydrogen-bond acceptors (Lipinski definition) is 4. The largest absolute Gasteiger partial charge is 0.744 e. The van der Waals surface area contributed by atoms with Crippen LogP contribution in [0.4, 0.5) is 0 Å². The molecule has 0 aromatic heterocycles. The SMILES string of the molecule is CC[S+](CC)CC(=O)C1CCCC1.Cc1ccc(S(=O)(=O)[O-])cc1. The lowest BCUT2D eigenvalue weighted by Gasteiger charge is -2.07. The molecule has 0 amide bonds. The number of hydrogen-bond donors (Lipinski definition) is 0. The van der Waals surface area contributed by atoms with Gasteiger partial charge in [0.1, 0.15) is 21.6 Å². The number of rotatable bonds is 6. The van der Waals surface area contributed by atoms with Gasteiger partial charge in [0.05, 0.1) is 4.90 Å². The van der Waals surface area contributed by atoms with Crippen LogP contribution in [0.15, 0.2) is 29.2 Å². The zero-order chi connectivity index (χ0) is 18.2. The van der Waals surface area contributed by atoms with Crippen molar-refractivity contribution in [2.24, 2.45) is 5.92 Å². The number of aryl methyl sites for hydroxylation is 1. The quantitative estimate of drug-likeness (QED) is 0.567. The van der Waals surface area contributed by atoms with Crippen molar-refractivity contribution in [2.45, 2.75) is 51.3 Å². The van der Waals surface area contributed by atoms with E-state index in [9.17, 15) is 17.8 Å². The van der Waals surface area contributed by atoms with E-state index in [0.29, 0.717) is 22.6 Å². The van der Waals surface area contributed by atoms with Crippen molar-refractivity contribution in [3.05, 3.63) is 29.8 Å². The van der Waals surface area contributed by atoms with E-state index in [2.05, 4.69) is 13.8 Å². The van der Waals surface area contributed by atoms with Crippen molar-refractivity contribution in [3.8, 4) is 0 Å². The molecule has 0 atom stereocenters. The van der Waals surface area contributed by atoms with Gasteiger partial charge < -0.3 is 4.55 Å². The minimum Gasteiger partial charge on any atom is -0.744 e. The van der Waals surface area contributed by atoms with Gasteiger partial charge in [-0.3, -0.25) is 4.79 Å². The molecule has 2 rings (SSSR count). The van der Waals surface area contributed by atoms with Gasteiger partial charge in [0.2, 0.25) is 0 Å². The molecule has 0 spiro atoms. The minimum absolute atomic E-state index is 0.178. The van der Waals surface area contributed by atoms with Gasteiger partial charge in [-0.2, -0.15) is 0 Å². The van der Waals surface area contributed by atoms with Gasteiger partial charge in [0, 0.05) is 5.92 Å². The van der Waals surface area contributed by atoms with Crippen LogP contribution < -0.4 is 0 Å². The first-order valence-electron chi connectivity index (χ1n) is 8.47. The lowest BCUT2D eigenvalue weighted by Crippen LogP contribution is -2.24. The first kappa shape index (κ1) is 21.2. The fraction of sp³-hybridized carbons (Fsp3) is 0.611. The zero-order valence-electron chi connectivity index (χ0n) is 14.8. The van der Waals surface area contributed by atoms with Crippen LogP contribution in [-0.4, -0.2) is 36.0 Å². The Morgan fingerprint density at radius 3 is 2.04 bits per heavy atom. The molecular formula is C18H28O4S2. The average molecular weight is 373 g/mol. The highest BCUT2D eigenvalue weighted by atomic mass is 32.2. The van der Waals surface area contributed by atoms with E-state index < -0.39 is 10.1 Å². The van der Waals surface area contributed by atoms with Crippen molar-refractivity contribution >= 4 is 26.8 Å². The highest BCUT2D eigenvalue weighted by Crippen LogP contribution is 2.26. The van der Waals surface area contributed by atoms with Gasteiger partial charge in [-0.15, -0.1) is 0 Å². The molecule has 0 radical (unpaired) electrons. The third-order valence-corrected chi connectivity index (χ3v) is 7.46. The summed E-state index contributed by atoms with van der Waals surface area (Å²) in [6.07, 6.45) is 4.90. The van der Waals surface area contributed by atoms with Crippen LogP contribution in [0, 0.1) is 12.8 Å². The second kappa shape index (κ2) is 10.2. The first-order valence-corrected chi connectivity index (χ1v) is 11.6. The van der Waals surface area contributed by atoms with Crippen molar-refractivity contribution < 1.29 is 17.8 Å². The molecule has 0 saturated heterocycles. The second-order valence-electron chi connectivity index (χ2n) is 6.05. The van der Waals surface area contributed by atoms with Crippen molar-refractivity contribution in [2.75, 3.05) is 17.3 Å². The van der Waals surface area contributed by atoms with E-state index in [-0.39, 0.29) is 4.90 Å². The lowest BCUT2D eigenvalue weighted by molar-refractivity contribution is -0.120. The molecule has 136 valence electrons. The summed E-state index contributed by atoms with van der Waals surface area (Å²) in [7, 11) is -3.88. The Balaban J connectivity index is 0.000000243.